The van der Waals surface area contributed by atoms with Crippen molar-refractivity contribution in [2.45, 2.75) is 50.5 Å². The van der Waals surface area contributed by atoms with Crippen molar-refractivity contribution in [2.75, 3.05) is 25.4 Å². The van der Waals surface area contributed by atoms with Gasteiger partial charge in [0.1, 0.15) is 5.60 Å². The van der Waals surface area contributed by atoms with E-state index in [9.17, 15) is 9.59 Å². The van der Waals surface area contributed by atoms with Crippen LogP contribution in [-0.2, 0) is 15.1 Å². The number of nitrogens with two attached hydrogens (primary N) is 2. The molecule has 3 aromatic rings. The molecular formula is C31H37N3O3. The van der Waals surface area contributed by atoms with E-state index < -0.39 is 5.92 Å². The number of hydrogen-bond acceptors (Lipinski definition) is 5. The van der Waals surface area contributed by atoms with E-state index >= 15 is 0 Å². The molecule has 0 saturated carbocycles. The smallest absolute Gasteiger partial charge is 0.225 e. The number of ketones is 1. The van der Waals surface area contributed by atoms with Crippen molar-refractivity contribution in [3.8, 4) is 11.1 Å². The maximum absolute atomic E-state index is 12.7. The third-order valence-corrected chi connectivity index (χ3v) is 7.31. The van der Waals surface area contributed by atoms with Gasteiger partial charge in [-0.15, -0.1) is 0 Å². The molecule has 1 fully saturated rings. The summed E-state index contributed by atoms with van der Waals surface area (Å²) in [5, 5.41) is 3.40. The molecule has 6 heteroatoms. The zero-order valence-corrected chi connectivity index (χ0v) is 21.5. The normalized spacial score (nSPS) is 18.3. The van der Waals surface area contributed by atoms with Crippen LogP contribution in [0.15, 0.2) is 72.8 Å². The van der Waals surface area contributed by atoms with Gasteiger partial charge in [0, 0.05) is 30.8 Å². The van der Waals surface area contributed by atoms with E-state index in [0.717, 1.165) is 60.2 Å². The van der Waals surface area contributed by atoms with Crippen LogP contribution in [0, 0.1) is 0 Å². The number of ether oxygens (including phenoxy) is 1. The quantitative estimate of drug-likeness (QED) is 0.192. The molecule has 6 nitrogen and oxygen atoms in total. The van der Waals surface area contributed by atoms with E-state index in [1.165, 1.54) is 0 Å². The number of amides is 1. The van der Waals surface area contributed by atoms with Gasteiger partial charge in [0.15, 0.2) is 5.78 Å². The molecule has 0 aliphatic carbocycles. The maximum Gasteiger partial charge on any atom is 0.225 e. The number of unbranched alkanes of at least 4 members (excludes halogenated alkanes) is 2. The highest BCUT2D eigenvalue weighted by Crippen LogP contribution is 2.30. The van der Waals surface area contributed by atoms with E-state index in [4.69, 9.17) is 16.2 Å². The minimum Gasteiger partial charge on any atom is -0.398 e. The monoisotopic (exact) mass is 499 g/mol. The Kier molecular flexibility index (Phi) is 8.74. The molecule has 4 rings (SSSR count). The fourth-order valence-electron chi connectivity index (χ4n) is 5.01. The predicted octanol–water partition coefficient (Wildman–Crippen LogP) is 5.17. The number of nitrogens with one attached hydrogen (secondary N) is 1. The zero-order valence-electron chi connectivity index (χ0n) is 21.5. The molecule has 1 aliphatic heterocycles. The minimum atomic E-state index is -0.395. The number of Topliss-reactive ketones (excluding diaryl/α,β-unsaturated/α-hetero) is 1. The minimum absolute atomic E-state index is 0.135. The van der Waals surface area contributed by atoms with Crippen molar-refractivity contribution in [1.82, 2.24) is 5.32 Å². The average molecular weight is 500 g/mol. The molecule has 5 N–H and O–H groups in total. The molecule has 194 valence electrons. The lowest BCUT2D eigenvalue weighted by molar-refractivity contribution is -0.119. The molecule has 3 aromatic carbocycles. The first-order chi connectivity index (χ1) is 17.9. The Labute approximate surface area is 219 Å². The molecule has 1 saturated heterocycles. The maximum atomic E-state index is 12.7. The van der Waals surface area contributed by atoms with E-state index in [2.05, 4.69) is 36.5 Å². The molecule has 0 aromatic heterocycles. The Bertz CT molecular complexity index is 1200. The lowest BCUT2D eigenvalue weighted by Gasteiger charge is -2.35. The van der Waals surface area contributed by atoms with Crippen LogP contribution in [0.1, 0.15) is 66.4 Å². The number of morpholine rings is 1. The summed E-state index contributed by atoms with van der Waals surface area (Å²) in [7, 11) is 0. The summed E-state index contributed by atoms with van der Waals surface area (Å²) in [5.41, 5.74) is 16.8. The SMILES string of the molecule is CC1(c2ccc(-c3ccc(C(=O)CCCCCC(C(N)=O)c4ccccc4N)cc3)cc2)CNCCO1. The number of hydrogen-bond donors (Lipinski definition) is 3. The van der Waals surface area contributed by atoms with Crippen molar-refractivity contribution in [2.24, 2.45) is 5.73 Å². The summed E-state index contributed by atoms with van der Waals surface area (Å²) < 4.78 is 6.01. The van der Waals surface area contributed by atoms with Crippen molar-refractivity contribution in [3.05, 3.63) is 89.5 Å². The molecule has 0 bridgehead atoms. The molecule has 1 amide bonds. The third kappa shape index (κ3) is 6.64. The number of anilines is 1. The third-order valence-electron chi connectivity index (χ3n) is 7.31. The number of primary amides is 1. The number of para-hydroxylation sites is 1. The molecule has 0 spiro atoms. The van der Waals surface area contributed by atoms with Crippen LogP contribution in [0.5, 0.6) is 0 Å². The summed E-state index contributed by atoms with van der Waals surface area (Å²) >= 11 is 0. The van der Waals surface area contributed by atoms with Crippen LogP contribution >= 0.6 is 0 Å². The lowest BCUT2D eigenvalue weighted by atomic mass is 9.91. The van der Waals surface area contributed by atoms with Gasteiger partial charge < -0.3 is 21.5 Å². The highest BCUT2D eigenvalue weighted by molar-refractivity contribution is 5.96. The topological polar surface area (TPSA) is 107 Å². The van der Waals surface area contributed by atoms with E-state index in [1.807, 2.05) is 42.5 Å². The standard InChI is InChI=1S/C31H37N3O3/c1-31(21-34-19-20-37-31)25-17-15-23(16-18-25)22-11-13-24(14-12-22)29(35)10-4-2-3-8-27(30(33)36)26-7-5-6-9-28(26)32/h5-7,9,11-18,27,34H,2-4,8,10,19-21,32H2,1H3,(H2,33,36). The summed E-state index contributed by atoms with van der Waals surface area (Å²) in [6.45, 7) is 4.52. The number of rotatable bonds is 11. The second-order valence-electron chi connectivity index (χ2n) is 10.0. The Morgan fingerprint density at radius 2 is 1.62 bits per heavy atom. The summed E-state index contributed by atoms with van der Waals surface area (Å²) in [6, 6.07) is 23.6. The van der Waals surface area contributed by atoms with Gasteiger partial charge in [-0.3, -0.25) is 9.59 Å². The molecule has 2 unspecified atom stereocenters. The first-order valence-corrected chi connectivity index (χ1v) is 13.1. The molecule has 1 heterocycles. The van der Waals surface area contributed by atoms with Crippen molar-refractivity contribution in [1.29, 1.82) is 0 Å². The molecular weight excluding hydrogens is 462 g/mol. The number of benzene rings is 3. The van der Waals surface area contributed by atoms with Gasteiger partial charge in [0.25, 0.3) is 0 Å². The van der Waals surface area contributed by atoms with E-state index in [1.54, 1.807) is 6.07 Å². The van der Waals surface area contributed by atoms with Crippen LogP contribution in [-0.4, -0.2) is 31.4 Å². The van der Waals surface area contributed by atoms with Gasteiger partial charge in [-0.2, -0.15) is 0 Å². The Hall–Kier alpha value is -3.48. The second kappa shape index (κ2) is 12.2. The van der Waals surface area contributed by atoms with Gasteiger partial charge in [-0.1, -0.05) is 79.6 Å². The molecule has 0 radical (unpaired) electrons. The van der Waals surface area contributed by atoms with Crippen LogP contribution in [0.3, 0.4) is 0 Å². The van der Waals surface area contributed by atoms with Crippen molar-refractivity contribution >= 4 is 17.4 Å². The van der Waals surface area contributed by atoms with Crippen LogP contribution in [0.25, 0.3) is 11.1 Å². The highest BCUT2D eigenvalue weighted by atomic mass is 16.5. The number of carbonyl (C=O) groups excluding carboxylic acids is 2. The highest BCUT2D eigenvalue weighted by Gasteiger charge is 2.29. The fourth-order valence-corrected chi connectivity index (χ4v) is 5.01. The fraction of sp³-hybridized carbons (Fsp3) is 0.355. The first-order valence-electron chi connectivity index (χ1n) is 13.1. The largest absolute Gasteiger partial charge is 0.398 e. The molecule has 1 aliphatic rings. The van der Waals surface area contributed by atoms with Gasteiger partial charge in [-0.25, -0.2) is 0 Å². The first kappa shape index (κ1) is 26.6. The van der Waals surface area contributed by atoms with Gasteiger partial charge in [-0.05, 0) is 48.1 Å². The number of nitrogen functional groups attached to an aromatic ring is 1. The van der Waals surface area contributed by atoms with Crippen molar-refractivity contribution < 1.29 is 14.3 Å². The van der Waals surface area contributed by atoms with E-state index in [0.29, 0.717) is 25.1 Å². The van der Waals surface area contributed by atoms with Gasteiger partial charge >= 0.3 is 0 Å². The number of carbonyl (C=O) groups is 2. The van der Waals surface area contributed by atoms with Crippen LogP contribution < -0.4 is 16.8 Å². The molecule has 37 heavy (non-hydrogen) atoms. The zero-order chi connectivity index (χ0) is 26.3. The van der Waals surface area contributed by atoms with E-state index in [-0.39, 0.29) is 17.3 Å². The Balaban J connectivity index is 1.26. The van der Waals surface area contributed by atoms with Gasteiger partial charge in [0.2, 0.25) is 5.91 Å². The summed E-state index contributed by atoms with van der Waals surface area (Å²) in [5.74, 6) is -0.624. The van der Waals surface area contributed by atoms with Crippen LogP contribution in [0.2, 0.25) is 0 Å². The second-order valence-corrected chi connectivity index (χ2v) is 10.0. The van der Waals surface area contributed by atoms with Crippen LogP contribution in [0.4, 0.5) is 5.69 Å². The summed E-state index contributed by atoms with van der Waals surface area (Å²) in [6.07, 6.45) is 3.55. The predicted molar refractivity (Wildman–Crippen MR) is 148 cm³/mol. The van der Waals surface area contributed by atoms with Gasteiger partial charge in [0.05, 0.1) is 12.5 Å². The van der Waals surface area contributed by atoms with Crippen molar-refractivity contribution in [3.63, 3.8) is 0 Å². The Morgan fingerprint density at radius 1 is 0.946 bits per heavy atom. The molecule has 2 atom stereocenters. The Morgan fingerprint density at radius 3 is 2.24 bits per heavy atom. The summed E-state index contributed by atoms with van der Waals surface area (Å²) in [4.78, 5) is 24.7. The lowest BCUT2D eigenvalue weighted by Crippen LogP contribution is -2.45. The average Bonchev–Trinajstić information content (AvgIpc) is 2.91.